The summed E-state index contributed by atoms with van der Waals surface area (Å²) in [5.41, 5.74) is 14.2. The van der Waals surface area contributed by atoms with Gasteiger partial charge in [0.15, 0.2) is 0 Å². The molecule has 7 nitrogen and oxygen atoms in total. The van der Waals surface area contributed by atoms with Gasteiger partial charge in [-0.05, 0) is 25.7 Å². The summed E-state index contributed by atoms with van der Waals surface area (Å²) in [7, 11) is 0. The Kier molecular flexibility index (Phi) is 19.3. The van der Waals surface area contributed by atoms with Crippen LogP contribution in [-0.2, 0) is 42.4 Å². The van der Waals surface area contributed by atoms with Crippen LogP contribution in [0.3, 0.4) is 0 Å². The van der Waals surface area contributed by atoms with Gasteiger partial charge in [-0.15, -0.1) is 0 Å². The summed E-state index contributed by atoms with van der Waals surface area (Å²) in [4.78, 5) is 14.9. The maximum Gasteiger partial charge on any atom is 0.250 e. The second-order valence-corrected chi connectivity index (χ2v) is 5.07. The van der Waals surface area contributed by atoms with Crippen molar-refractivity contribution in [3.8, 4) is 0 Å². The molecule has 0 fully saturated rings. The first kappa shape index (κ1) is 24.4. The predicted octanol–water partition coefficient (Wildman–Crippen LogP) is 1.89. The number of hydrogen-bond donors (Lipinski definition) is 4. The van der Waals surface area contributed by atoms with Gasteiger partial charge in [-0.2, -0.15) is 6.54 Å². The first-order valence-corrected chi connectivity index (χ1v) is 7.53. The molecule has 7 N–H and O–H groups in total. The van der Waals surface area contributed by atoms with Gasteiger partial charge in [-0.3, -0.25) is 15.5 Å². The number of nitrogens with one attached hydrogen (secondary N) is 2. The molecule has 0 aromatic heterocycles. The van der Waals surface area contributed by atoms with Crippen LogP contribution in [0.2, 0.25) is 0 Å². The summed E-state index contributed by atoms with van der Waals surface area (Å²) >= 11 is 0. The van der Waals surface area contributed by atoms with E-state index < -0.39 is 6.04 Å². The predicted molar refractivity (Wildman–Crippen MR) is 83.1 cm³/mol. The van der Waals surface area contributed by atoms with Crippen molar-refractivity contribution in [1.29, 1.82) is 0 Å². The fourth-order valence-corrected chi connectivity index (χ4v) is 1.94. The van der Waals surface area contributed by atoms with Crippen LogP contribution < -0.4 is 17.0 Å². The molecule has 0 aromatic rings. The normalized spacial score (nSPS) is 20.3. The molecule has 1 aliphatic rings. The second kappa shape index (κ2) is 17.5. The summed E-state index contributed by atoms with van der Waals surface area (Å²) in [6.45, 7) is 0.386. The van der Waals surface area contributed by atoms with Crippen LogP contribution in [-0.4, -0.2) is 29.9 Å². The van der Waals surface area contributed by atoms with E-state index >= 15 is 0 Å². The van der Waals surface area contributed by atoms with Crippen LogP contribution in [0.5, 0.6) is 0 Å². The molecule has 0 saturated heterocycles. The van der Waals surface area contributed by atoms with Crippen LogP contribution in [0.25, 0.3) is 5.73 Å². The minimum atomic E-state index is -0.522. The fraction of sp³-hybridized carbons (Fsp3) is 0.786. The molecular weight excluding hydrogens is 361 g/mol. The molecule has 0 heterocycles. The molecule has 0 bridgehead atoms. The molecule has 1 rings (SSSR count). The number of carbonyl (C=O) groups excluding carboxylic acids is 1. The van der Waals surface area contributed by atoms with Gasteiger partial charge in [0.25, 0.3) is 5.91 Å². The largest absolute Gasteiger partial charge is 0.677 e. The Balaban J connectivity index is 0. The van der Waals surface area contributed by atoms with E-state index in [2.05, 4.69) is 11.0 Å². The van der Waals surface area contributed by atoms with Gasteiger partial charge >= 0.3 is 0 Å². The van der Waals surface area contributed by atoms with Gasteiger partial charge in [-0.1, -0.05) is 37.8 Å². The van der Waals surface area contributed by atoms with E-state index in [0.717, 1.165) is 32.1 Å². The maximum atomic E-state index is 10.7. The summed E-state index contributed by atoms with van der Waals surface area (Å²) in [6, 6.07) is -0.522. The van der Waals surface area contributed by atoms with Crippen molar-refractivity contribution in [1.82, 2.24) is 5.43 Å². The Morgan fingerprint density at radius 2 is 2.14 bits per heavy atom. The van der Waals surface area contributed by atoms with Crippen molar-refractivity contribution in [2.24, 2.45) is 11.6 Å². The van der Waals surface area contributed by atoms with Crippen molar-refractivity contribution >= 4 is 5.91 Å². The van der Waals surface area contributed by atoms with Crippen molar-refractivity contribution in [3.63, 3.8) is 0 Å². The SMILES string of the molecule is OOC1/C=C\CCCCC1.[NH-]CCCCC(N)C(=O)NN.[Y]. The molecule has 1 aliphatic carbocycles. The molecular formula is C14H29N4O3Y-. The number of nitrogens with two attached hydrogens (primary N) is 2. The van der Waals surface area contributed by atoms with Gasteiger partial charge in [0.05, 0.1) is 6.04 Å². The number of carbonyl (C=O) groups is 1. The summed E-state index contributed by atoms with van der Waals surface area (Å²) < 4.78 is 0. The molecule has 0 aliphatic heterocycles. The molecule has 2 atom stereocenters. The first-order valence-electron chi connectivity index (χ1n) is 7.53. The summed E-state index contributed by atoms with van der Waals surface area (Å²) in [5.74, 6) is 4.52. The van der Waals surface area contributed by atoms with E-state index in [0.29, 0.717) is 13.0 Å². The molecule has 0 saturated carbocycles. The smallest absolute Gasteiger partial charge is 0.250 e. The number of hydrazine groups is 1. The Morgan fingerprint density at radius 3 is 2.73 bits per heavy atom. The monoisotopic (exact) mass is 390 g/mol. The first-order chi connectivity index (χ1) is 10.2. The number of hydrogen-bond acceptors (Lipinski definition) is 5. The average Bonchev–Trinajstić information content (AvgIpc) is 2.47. The van der Waals surface area contributed by atoms with Crippen LogP contribution in [0.4, 0.5) is 0 Å². The number of rotatable bonds is 6. The average molecular weight is 390 g/mol. The Hall–Kier alpha value is 0.114. The zero-order valence-electron chi connectivity index (χ0n) is 13.2. The third-order valence-electron chi connectivity index (χ3n) is 3.27. The summed E-state index contributed by atoms with van der Waals surface area (Å²) in [5, 5.41) is 8.36. The van der Waals surface area contributed by atoms with Gasteiger partial charge in [0, 0.05) is 32.7 Å². The Bertz CT molecular complexity index is 293. The quantitative estimate of drug-likeness (QED) is 0.137. The zero-order valence-corrected chi connectivity index (χ0v) is 16.0. The van der Waals surface area contributed by atoms with Crippen molar-refractivity contribution in [2.45, 2.75) is 63.5 Å². The van der Waals surface area contributed by atoms with Gasteiger partial charge in [0.1, 0.15) is 6.10 Å². The number of allylic oxidation sites excluding steroid dienone is 1. The van der Waals surface area contributed by atoms with Crippen molar-refractivity contribution in [3.05, 3.63) is 17.9 Å². The molecule has 8 heteroatoms. The van der Waals surface area contributed by atoms with Crippen molar-refractivity contribution in [2.75, 3.05) is 6.54 Å². The third-order valence-corrected chi connectivity index (χ3v) is 3.27. The van der Waals surface area contributed by atoms with E-state index in [1.807, 2.05) is 11.5 Å². The number of amides is 1. The van der Waals surface area contributed by atoms with Crippen LogP contribution in [0.15, 0.2) is 12.2 Å². The molecule has 0 spiro atoms. The molecule has 2 unspecified atom stereocenters. The third kappa shape index (κ3) is 13.8. The maximum absolute atomic E-state index is 10.7. The van der Waals surface area contributed by atoms with Crippen LogP contribution in [0, 0.1) is 0 Å². The van der Waals surface area contributed by atoms with Gasteiger partial charge in [-0.25, -0.2) is 10.7 Å². The topological polar surface area (TPSA) is 134 Å². The van der Waals surface area contributed by atoms with Gasteiger partial charge in [0.2, 0.25) is 0 Å². The van der Waals surface area contributed by atoms with E-state index in [-0.39, 0.29) is 44.7 Å². The van der Waals surface area contributed by atoms with E-state index in [4.69, 9.17) is 22.6 Å². The second-order valence-electron chi connectivity index (χ2n) is 5.07. The Morgan fingerprint density at radius 1 is 1.41 bits per heavy atom. The van der Waals surface area contributed by atoms with Crippen LogP contribution in [0.1, 0.15) is 51.4 Å². The van der Waals surface area contributed by atoms with Crippen LogP contribution >= 0.6 is 0 Å². The van der Waals surface area contributed by atoms with E-state index in [9.17, 15) is 4.79 Å². The zero-order chi connectivity index (χ0) is 15.9. The summed E-state index contributed by atoms with van der Waals surface area (Å²) in [6.07, 6.45) is 11.9. The Labute approximate surface area is 158 Å². The molecule has 1 radical (unpaired) electrons. The molecule has 22 heavy (non-hydrogen) atoms. The number of unbranched alkanes of at least 4 members (excludes halogenated alkanes) is 1. The van der Waals surface area contributed by atoms with E-state index in [1.165, 1.54) is 12.8 Å². The standard InChI is InChI=1S/C8H14O2.C6H15N4O.Y/c9-10-8-6-4-2-1-3-5-7-8;7-4-2-1-3-5(8)6(11)10-9;/h4,6,8-9H,1-3,5,7H2;5,7H,1-4,8-9H2,(H,10,11);/q;-1;/b6-4-;;. The van der Waals surface area contributed by atoms with Crippen molar-refractivity contribution < 1.29 is 47.6 Å². The van der Waals surface area contributed by atoms with E-state index in [1.54, 1.807) is 0 Å². The van der Waals surface area contributed by atoms with Gasteiger partial charge < -0.3 is 11.5 Å². The minimum absolute atomic E-state index is 0. The molecule has 0 aromatic carbocycles. The molecule has 1 amide bonds. The minimum Gasteiger partial charge on any atom is -0.677 e. The fourth-order valence-electron chi connectivity index (χ4n) is 1.94. The molecule has 127 valence electrons.